The lowest BCUT2D eigenvalue weighted by Gasteiger charge is -2.26. The van der Waals surface area contributed by atoms with E-state index in [9.17, 15) is 4.79 Å². The average Bonchev–Trinajstić information content (AvgIpc) is 2.74. The van der Waals surface area contributed by atoms with Crippen LogP contribution in [0, 0.1) is 0 Å². The quantitative estimate of drug-likeness (QED) is 0.275. The van der Waals surface area contributed by atoms with E-state index < -0.39 is 0 Å². The molecule has 0 radical (unpaired) electrons. The molecule has 0 saturated heterocycles. The van der Waals surface area contributed by atoms with Crippen LogP contribution in [0.15, 0.2) is 53.5 Å². The van der Waals surface area contributed by atoms with Crippen LogP contribution in [0.4, 0.5) is 5.69 Å². The zero-order valence-electron chi connectivity index (χ0n) is 17.6. The maximum Gasteiger partial charge on any atom is 0.225 e. The molecule has 1 atom stereocenters. The highest BCUT2D eigenvalue weighted by Crippen LogP contribution is 2.31. The third kappa shape index (κ3) is 6.90. The van der Waals surface area contributed by atoms with Gasteiger partial charge in [-0.15, -0.1) is 24.0 Å². The number of hydrogen-bond acceptors (Lipinski definition) is 3. The molecule has 2 aromatic carbocycles. The minimum atomic E-state index is 0. The van der Waals surface area contributed by atoms with Crippen LogP contribution < -0.4 is 20.7 Å². The standard InChI is InChI=1S/C23H30N4O2.HI/c1-3-12-29-19-9-7-8-17(13-19)15-25-23(24-4-2)26-16-18-14-22(28)27-21-11-6-5-10-20(18)21;/h5-11,13,18H,3-4,12,14-16H2,1-2H3,(H,27,28)(H2,24,25,26);1H. The monoisotopic (exact) mass is 522 g/mol. The largest absolute Gasteiger partial charge is 0.494 e. The Morgan fingerprint density at radius 3 is 2.80 bits per heavy atom. The number of guanidine groups is 1. The fourth-order valence-corrected chi connectivity index (χ4v) is 3.37. The van der Waals surface area contributed by atoms with E-state index in [-0.39, 0.29) is 35.8 Å². The second kappa shape index (κ2) is 12.4. The van der Waals surface area contributed by atoms with Crippen molar-refractivity contribution >= 4 is 41.5 Å². The van der Waals surface area contributed by atoms with Crippen LogP contribution in [0.1, 0.15) is 43.7 Å². The van der Waals surface area contributed by atoms with Gasteiger partial charge in [-0.1, -0.05) is 37.3 Å². The van der Waals surface area contributed by atoms with Gasteiger partial charge in [-0.25, -0.2) is 4.99 Å². The molecule has 0 aliphatic carbocycles. The van der Waals surface area contributed by atoms with Crippen molar-refractivity contribution < 1.29 is 9.53 Å². The number of nitrogens with zero attached hydrogens (tertiary/aromatic N) is 1. The summed E-state index contributed by atoms with van der Waals surface area (Å²) in [5.74, 6) is 1.80. The molecule has 0 fully saturated rings. The van der Waals surface area contributed by atoms with Gasteiger partial charge in [0, 0.05) is 31.1 Å². The van der Waals surface area contributed by atoms with E-state index in [0.29, 0.717) is 26.1 Å². The molecular formula is C23H31IN4O2. The highest BCUT2D eigenvalue weighted by molar-refractivity contribution is 14.0. The van der Waals surface area contributed by atoms with Gasteiger partial charge >= 0.3 is 0 Å². The summed E-state index contributed by atoms with van der Waals surface area (Å²) in [6, 6.07) is 16.0. The van der Waals surface area contributed by atoms with Crippen molar-refractivity contribution in [3.05, 3.63) is 59.7 Å². The first-order chi connectivity index (χ1) is 14.2. The number of rotatable bonds is 8. The van der Waals surface area contributed by atoms with Gasteiger partial charge in [-0.2, -0.15) is 0 Å². The maximum absolute atomic E-state index is 12.0. The van der Waals surface area contributed by atoms with Crippen molar-refractivity contribution in [2.75, 3.05) is 25.0 Å². The van der Waals surface area contributed by atoms with Crippen molar-refractivity contribution in [1.29, 1.82) is 0 Å². The predicted molar refractivity (Wildman–Crippen MR) is 133 cm³/mol. The van der Waals surface area contributed by atoms with Gasteiger partial charge in [-0.3, -0.25) is 4.79 Å². The number of fused-ring (bicyclic) bond motifs is 1. The summed E-state index contributed by atoms with van der Waals surface area (Å²) < 4.78 is 5.70. The number of hydrogen-bond donors (Lipinski definition) is 3. The fourth-order valence-electron chi connectivity index (χ4n) is 3.37. The minimum absolute atomic E-state index is 0. The van der Waals surface area contributed by atoms with Crippen LogP contribution >= 0.6 is 24.0 Å². The second-order valence-electron chi connectivity index (χ2n) is 7.11. The number of carbonyl (C=O) groups is 1. The van der Waals surface area contributed by atoms with Crippen molar-refractivity contribution in [3.8, 4) is 5.75 Å². The average molecular weight is 522 g/mol. The summed E-state index contributed by atoms with van der Waals surface area (Å²) in [4.78, 5) is 16.7. The summed E-state index contributed by atoms with van der Waals surface area (Å²) in [6.07, 6.45) is 1.46. The van der Waals surface area contributed by atoms with Gasteiger partial charge in [0.25, 0.3) is 0 Å². The molecule has 30 heavy (non-hydrogen) atoms. The maximum atomic E-state index is 12.0. The van der Waals surface area contributed by atoms with Crippen molar-refractivity contribution in [2.45, 2.75) is 39.2 Å². The Morgan fingerprint density at radius 1 is 1.17 bits per heavy atom. The van der Waals surface area contributed by atoms with Crippen LogP contribution in [0.2, 0.25) is 0 Å². The Hall–Kier alpha value is -2.29. The number of anilines is 1. The number of benzene rings is 2. The minimum Gasteiger partial charge on any atom is -0.494 e. The molecule has 0 spiro atoms. The zero-order valence-corrected chi connectivity index (χ0v) is 19.9. The van der Waals surface area contributed by atoms with Gasteiger partial charge in [-0.05, 0) is 42.7 Å². The zero-order chi connectivity index (χ0) is 20.5. The fraction of sp³-hybridized carbons (Fsp3) is 0.391. The Morgan fingerprint density at radius 2 is 2.00 bits per heavy atom. The number of ether oxygens (including phenoxy) is 1. The number of para-hydroxylation sites is 1. The smallest absolute Gasteiger partial charge is 0.225 e. The van der Waals surface area contributed by atoms with Crippen molar-refractivity contribution in [1.82, 2.24) is 10.6 Å². The van der Waals surface area contributed by atoms with E-state index in [1.807, 2.05) is 49.4 Å². The molecule has 3 N–H and O–H groups in total. The molecule has 1 heterocycles. The molecule has 6 nitrogen and oxygen atoms in total. The summed E-state index contributed by atoms with van der Waals surface area (Å²) in [5.41, 5.74) is 3.16. The molecule has 0 aromatic heterocycles. The van der Waals surface area contributed by atoms with Crippen molar-refractivity contribution in [2.24, 2.45) is 4.99 Å². The first-order valence-electron chi connectivity index (χ1n) is 10.3. The van der Waals surface area contributed by atoms with Crippen LogP contribution in [0.25, 0.3) is 0 Å². The molecule has 0 saturated carbocycles. The van der Waals surface area contributed by atoms with Crippen molar-refractivity contribution in [3.63, 3.8) is 0 Å². The predicted octanol–water partition coefficient (Wildman–Crippen LogP) is 4.27. The molecule has 1 unspecified atom stereocenters. The number of aliphatic imine (C=N–C) groups is 1. The highest BCUT2D eigenvalue weighted by atomic mass is 127. The first kappa shape index (κ1) is 24.0. The van der Waals surface area contributed by atoms with Crippen LogP contribution in [-0.4, -0.2) is 31.6 Å². The van der Waals surface area contributed by atoms with E-state index in [1.54, 1.807) is 0 Å². The Labute approximate surface area is 195 Å². The van der Waals surface area contributed by atoms with E-state index in [1.165, 1.54) is 0 Å². The van der Waals surface area contributed by atoms with Gasteiger partial charge in [0.15, 0.2) is 5.96 Å². The molecule has 3 rings (SSSR count). The van der Waals surface area contributed by atoms with E-state index in [0.717, 1.165) is 41.5 Å². The Balaban J connectivity index is 0.00000320. The van der Waals surface area contributed by atoms with Gasteiger partial charge in [0.05, 0.1) is 13.2 Å². The number of nitrogens with one attached hydrogen (secondary N) is 3. The molecular weight excluding hydrogens is 491 g/mol. The Bertz CT molecular complexity index is 857. The first-order valence-corrected chi connectivity index (χ1v) is 10.3. The van der Waals surface area contributed by atoms with Crippen LogP contribution in [0.5, 0.6) is 5.75 Å². The molecule has 0 bridgehead atoms. The lowest BCUT2D eigenvalue weighted by molar-refractivity contribution is -0.116. The normalized spacial score (nSPS) is 15.5. The third-order valence-corrected chi connectivity index (χ3v) is 4.76. The Kier molecular flexibility index (Phi) is 9.93. The van der Waals surface area contributed by atoms with Gasteiger partial charge in [0.1, 0.15) is 5.75 Å². The lowest BCUT2D eigenvalue weighted by atomic mass is 9.90. The van der Waals surface area contributed by atoms with E-state index in [2.05, 4.69) is 28.9 Å². The number of carbonyl (C=O) groups excluding carboxylic acids is 1. The molecule has 1 aliphatic heterocycles. The number of halogens is 1. The highest BCUT2D eigenvalue weighted by Gasteiger charge is 2.24. The molecule has 162 valence electrons. The van der Waals surface area contributed by atoms with Crippen LogP contribution in [-0.2, 0) is 11.3 Å². The topological polar surface area (TPSA) is 74.8 Å². The summed E-state index contributed by atoms with van der Waals surface area (Å²) in [6.45, 7) is 6.83. The molecule has 2 aromatic rings. The van der Waals surface area contributed by atoms with Gasteiger partial charge in [0.2, 0.25) is 5.91 Å². The third-order valence-electron chi connectivity index (χ3n) is 4.76. The summed E-state index contributed by atoms with van der Waals surface area (Å²) >= 11 is 0. The molecule has 1 aliphatic rings. The van der Waals surface area contributed by atoms with E-state index in [4.69, 9.17) is 9.73 Å². The van der Waals surface area contributed by atoms with E-state index >= 15 is 0 Å². The molecule has 7 heteroatoms. The SMILES string of the molecule is CCCOc1cccc(CN=C(NCC)NCC2CC(=O)Nc3ccccc32)c1.I. The summed E-state index contributed by atoms with van der Waals surface area (Å²) in [7, 11) is 0. The van der Waals surface area contributed by atoms with Gasteiger partial charge < -0.3 is 20.7 Å². The second-order valence-corrected chi connectivity index (χ2v) is 7.11. The van der Waals surface area contributed by atoms with Crippen LogP contribution in [0.3, 0.4) is 0 Å². The summed E-state index contributed by atoms with van der Waals surface area (Å²) in [5, 5.41) is 9.63. The lowest BCUT2D eigenvalue weighted by Crippen LogP contribution is -2.40. The number of amides is 1. The molecule has 1 amide bonds.